The number of nitrogen functional groups attached to an aromatic ring is 1. The second kappa shape index (κ2) is 2.34. The van der Waals surface area contributed by atoms with Crippen LogP contribution in [0.3, 0.4) is 0 Å². The minimum atomic E-state index is -0.0590. The van der Waals surface area contributed by atoms with Crippen LogP contribution in [0.2, 0.25) is 0 Å². The highest BCUT2D eigenvalue weighted by atomic mass is 16.3. The van der Waals surface area contributed by atoms with E-state index in [0.717, 1.165) is 0 Å². The van der Waals surface area contributed by atoms with Crippen LogP contribution < -0.4 is 5.73 Å². The van der Waals surface area contributed by atoms with Gasteiger partial charge < -0.3 is 10.8 Å². The van der Waals surface area contributed by atoms with Crippen molar-refractivity contribution in [1.29, 1.82) is 0 Å². The molecule has 1 heterocycles. The van der Waals surface area contributed by atoms with E-state index in [1.54, 1.807) is 0 Å². The van der Waals surface area contributed by atoms with Gasteiger partial charge in [-0.05, 0) is 6.07 Å². The van der Waals surface area contributed by atoms with Gasteiger partial charge in [-0.1, -0.05) is 0 Å². The molecule has 0 aliphatic rings. The number of carbonyl (C=O) groups is 1. The quantitative estimate of drug-likeness (QED) is 0.543. The lowest BCUT2D eigenvalue weighted by Crippen LogP contribution is -1.94. The summed E-state index contributed by atoms with van der Waals surface area (Å²) in [6.07, 6.45) is 1.73. The second-order valence-corrected chi connectivity index (χ2v) is 1.79. The van der Waals surface area contributed by atoms with E-state index in [-0.39, 0.29) is 17.1 Å². The molecule has 1 rings (SSSR count). The summed E-state index contributed by atoms with van der Waals surface area (Å²) in [5, 5.41) is 8.79. The van der Waals surface area contributed by atoms with Gasteiger partial charge in [0.05, 0.1) is 11.8 Å². The summed E-state index contributed by atoms with van der Waals surface area (Å²) in [6, 6.07) is 1.26. The molecule has 0 atom stereocenters. The number of anilines is 1. The first-order chi connectivity index (χ1) is 4.74. The van der Waals surface area contributed by atoms with Crippen LogP contribution in [0, 0.1) is 0 Å². The Morgan fingerprint density at radius 3 is 2.90 bits per heavy atom. The van der Waals surface area contributed by atoms with Gasteiger partial charge in [-0.3, -0.25) is 4.79 Å². The highest BCUT2D eigenvalue weighted by molar-refractivity contribution is 5.81. The van der Waals surface area contributed by atoms with Crippen molar-refractivity contribution >= 4 is 12.1 Å². The summed E-state index contributed by atoms with van der Waals surface area (Å²) in [5.74, 6) is 0.0732. The molecular formula is C6H6N2O2. The Kier molecular flexibility index (Phi) is 1.53. The fourth-order valence-electron chi connectivity index (χ4n) is 0.575. The van der Waals surface area contributed by atoms with Gasteiger partial charge in [0.2, 0.25) is 0 Å². The first-order valence-corrected chi connectivity index (χ1v) is 2.63. The van der Waals surface area contributed by atoms with Crippen molar-refractivity contribution in [3.05, 3.63) is 17.8 Å². The number of aromatic hydroxyl groups is 1. The molecule has 1 aromatic heterocycles. The number of rotatable bonds is 1. The SMILES string of the molecule is Nc1ncc(O)cc1C=O. The normalized spacial score (nSPS) is 9.20. The Labute approximate surface area is 57.3 Å². The molecule has 0 spiro atoms. The van der Waals surface area contributed by atoms with Crippen molar-refractivity contribution < 1.29 is 9.90 Å². The van der Waals surface area contributed by atoms with E-state index < -0.39 is 0 Å². The van der Waals surface area contributed by atoms with Crippen LogP contribution >= 0.6 is 0 Å². The molecule has 0 unspecified atom stereocenters. The number of nitrogens with two attached hydrogens (primary N) is 1. The third-order valence-corrected chi connectivity index (χ3v) is 1.06. The van der Waals surface area contributed by atoms with Crippen molar-refractivity contribution in [3.63, 3.8) is 0 Å². The number of hydrogen-bond donors (Lipinski definition) is 2. The molecule has 10 heavy (non-hydrogen) atoms. The summed E-state index contributed by atoms with van der Waals surface area (Å²) in [7, 11) is 0. The number of aromatic nitrogens is 1. The molecule has 3 N–H and O–H groups in total. The molecule has 0 fully saturated rings. The molecule has 0 aliphatic carbocycles. The maximum Gasteiger partial charge on any atom is 0.153 e. The van der Waals surface area contributed by atoms with Gasteiger partial charge in [-0.2, -0.15) is 0 Å². The van der Waals surface area contributed by atoms with Gasteiger partial charge in [-0.15, -0.1) is 0 Å². The van der Waals surface area contributed by atoms with E-state index in [0.29, 0.717) is 6.29 Å². The van der Waals surface area contributed by atoms with E-state index in [9.17, 15) is 4.79 Å². The first kappa shape index (κ1) is 6.54. The molecule has 1 aromatic rings. The smallest absolute Gasteiger partial charge is 0.153 e. The minimum absolute atomic E-state index is 0.0590. The Morgan fingerprint density at radius 1 is 1.70 bits per heavy atom. The average molecular weight is 138 g/mol. The molecule has 0 saturated heterocycles. The maximum absolute atomic E-state index is 10.1. The van der Waals surface area contributed by atoms with Crippen molar-refractivity contribution in [2.45, 2.75) is 0 Å². The van der Waals surface area contributed by atoms with Gasteiger partial charge in [0.15, 0.2) is 6.29 Å². The van der Waals surface area contributed by atoms with Crippen LogP contribution in [0.4, 0.5) is 5.82 Å². The van der Waals surface area contributed by atoms with Gasteiger partial charge in [0.25, 0.3) is 0 Å². The topological polar surface area (TPSA) is 76.2 Å². The van der Waals surface area contributed by atoms with Crippen molar-refractivity contribution in [2.75, 3.05) is 5.73 Å². The highest BCUT2D eigenvalue weighted by Gasteiger charge is 1.98. The van der Waals surface area contributed by atoms with Crippen LogP contribution in [0.5, 0.6) is 5.75 Å². The summed E-state index contributed by atoms with van der Waals surface area (Å²) < 4.78 is 0. The molecule has 0 aliphatic heterocycles. The van der Waals surface area contributed by atoms with E-state index in [1.165, 1.54) is 12.3 Å². The van der Waals surface area contributed by atoms with Crippen molar-refractivity contribution in [2.24, 2.45) is 0 Å². The number of hydrogen-bond acceptors (Lipinski definition) is 4. The molecule has 52 valence electrons. The fourth-order valence-corrected chi connectivity index (χ4v) is 0.575. The summed E-state index contributed by atoms with van der Waals surface area (Å²) in [5.41, 5.74) is 5.45. The van der Waals surface area contributed by atoms with Gasteiger partial charge in [0, 0.05) is 0 Å². The molecule has 0 amide bonds. The Morgan fingerprint density at radius 2 is 2.40 bits per heavy atom. The molecule has 4 heteroatoms. The molecule has 0 radical (unpaired) electrons. The Hall–Kier alpha value is -1.58. The Bertz CT molecular complexity index is 260. The molecule has 0 bridgehead atoms. The van der Waals surface area contributed by atoms with Crippen LogP contribution in [-0.2, 0) is 0 Å². The van der Waals surface area contributed by atoms with E-state index in [1.807, 2.05) is 0 Å². The van der Waals surface area contributed by atoms with E-state index in [2.05, 4.69) is 4.98 Å². The third kappa shape index (κ3) is 1.05. The average Bonchev–Trinajstić information content (AvgIpc) is 1.94. The molecular weight excluding hydrogens is 132 g/mol. The summed E-state index contributed by atoms with van der Waals surface area (Å²) in [4.78, 5) is 13.7. The Balaban J connectivity index is 3.21. The molecule has 0 saturated carbocycles. The van der Waals surface area contributed by atoms with Crippen molar-refractivity contribution in [1.82, 2.24) is 4.98 Å². The summed E-state index contributed by atoms with van der Waals surface area (Å²) in [6.45, 7) is 0. The van der Waals surface area contributed by atoms with Gasteiger partial charge in [0.1, 0.15) is 11.6 Å². The zero-order valence-corrected chi connectivity index (χ0v) is 5.11. The fraction of sp³-hybridized carbons (Fsp3) is 0. The summed E-state index contributed by atoms with van der Waals surface area (Å²) >= 11 is 0. The molecule has 0 aromatic carbocycles. The highest BCUT2D eigenvalue weighted by Crippen LogP contribution is 2.12. The lowest BCUT2D eigenvalue weighted by Gasteiger charge is -1.95. The van der Waals surface area contributed by atoms with E-state index >= 15 is 0 Å². The first-order valence-electron chi connectivity index (χ1n) is 2.63. The lowest BCUT2D eigenvalue weighted by molar-refractivity contribution is 0.112. The van der Waals surface area contributed by atoms with Crippen LogP contribution in [0.1, 0.15) is 10.4 Å². The van der Waals surface area contributed by atoms with Crippen LogP contribution in [0.15, 0.2) is 12.3 Å². The predicted molar refractivity (Wildman–Crippen MR) is 35.7 cm³/mol. The minimum Gasteiger partial charge on any atom is -0.506 e. The number of carbonyl (C=O) groups excluding carboxylic acids is 1. The number of nitrogens with zero attached hydrogens (tertiary/aromatic N) is 1. The van der Waals surface area contributed by atoms with Crippen molar-refractivity contribution in [3.8, 4) is 5.75 Å². The lowest BCUT2D eigenvalue weighted by atomic mass is 10.3. The number of pyridine rings is 1. The third-order valence-electron chi connectivity index (χ3n) is 1.06. The zero-order valence-electron chi connectivity index (χ0n) is 5.11. The predicted octanol–water partition coefficient (Wildman–Crippen LogP) is 0.182. The van der Waals surface area contributed by atoms with Gasteiger partial charge in [-0.25, -0.2) is 4.98 Å². The molecule has 4 nitrogen and oxygen atoms in total. The monoisotopic (exact) mass is 138 g/mol. The zero-order chi connectivity index (χ0) is 7.56. The van der Waals surface area contributed by atoms with E-state index in [4.69, 9.17) is 10.8 Å². The largest absolute Gasteiger partial charge is 0.506 e. The van der Waals surface area contributed by atoms with Gasteiger partial charge >= 0.3 is 0 Å². The maximum atomic E-state index is 10.1. The van der Waals surface area contributed by atoms with Crippen LogP contribution in [-0.4, -0.2) is 16.4 Å². The second-order valence-electron chi connectivity index (χ2n) is 1.79. The standard InChI is InChI=1S/C6H6N2O2/c7-6-4(3-9)1-5(10)2-8-6/h1-3,10H,(H2,7,8). The number of aldehydes is 1. The van der Waals surface area contributed by atoms with Crippen LogP contribution in [0.25, 0.3) is 0 Å².